The van der Waals surface area contributed by atoms with E-state index in [2.05, 4.69) is 18.7 Å². The van der Waals surface area contributed by atoms with Crippen LogP contribution in [-0.2, 0) is 9.47 Å². The fourth-order valence-electron chi connectivity index (χ4n) is 3.35. The van der Waals surface area contributed by atoms with Crippen LogP contribution in [0.25, 0.3) is 0 Å². The second-order valence-electron chi connectivity index (χ2n) is 5.97. The van der Waals surface area contributed by atoms with Crippen molar-refractivity contribution in [3.8, 4) is 0 Å². The Balaban J connectivity index is 1.80. The quantitative estimate of drug-likeness (QED) is 0.798. The van der Waals surface area contributed by atoms with Gasteiger partial charge in [-0.25, -0.2) is 0 Å². The number of nitrogens with zero attached hydrogens (tertiary/aromatic N) is 1. The summed E-state index contributed by atoms with van der Waals surface area (Å²) in [6.07, 6.45) is 3.63. The molecule has 4 heteroatoms. The van der Waals surface area contributed by atoms with Gasteiger partial charge in [-0.3, -0.25) is 0 Å². The first kappa shape index (κ1) is 15.2. The van der Waals surface area contributed by atoms with Crippen LogP contribution in [0.2, 0.25) is 0 Å². The highest BCUT2D eigenvalue weighted by atomic mass is 16.6. The van der Waals surface area contributed by atoms with Gasteiger partial charge < -0.3 is 19.5 Å². The molecule has 2 rings (SSSR count). The highest BCUT2D eigenvalue weighted by molar-refractivity contribution is 4.92. The SMILES string of the molecule is CCN(CC)CCC(O)C1CCOC2(CCOC2)C1. The lowest BCUT2D eigenvalue weighted by Gasteiger charge is -2.39. The Hall–Kier alpha value is -0.160. The average molecular weight is 271 g/mol. The lowest BCUT2D eigenvalue weighted by molar-refractivity contribution is -0.117. The van der Waals surface area contributed by atoms with E-state index in [0.29, 0.717) is 12.5 Å². The highest BCUT2D eigenvalue weighted by Gasteiger charge is 2.42. The summed E-state index contributed by atoms with van der Waals surface area (Å²) in [7, 11) is 0. The number of rotatable bonds is 6. The van der Waals surface area contributed by atoms with Crippen LogP contribution in [0.15, 0.2) is 0 Å². The fourth-order valence-corrected chi connectivity index (χ4v) is 3.35. The summed E-state index contributed by atoms with van der Waals surface area (Å²) in [6.45, 7) is 9.77. The predicted octanol–water partition coefficient (Wildman–Crippen LogP) is 1.66. The minimum Gasteiger partial charge on any atom is -0.393 e. The molecule has 0 aromatic rings. The van der Waals surface area contributed by atoms with Crippen molar-refractivity contribution in [3.05, 3.63) is 0 Å². The van der Waals surface area contributed by atoms with E-state index in [4.69, 9.17) is 9.47 Å². The standard InChI is InChI=1S/C15H29NO3/c1-3-16(4-2)8-5-14(17)13-6-9-19-15(11-13)7-10-18-12-15/h13-14,17H,3-12H2,1-2H3. The lowest BCUT2D eigenvalue weighted by atomic mass is 9.81. The van der Waals surface area contributed by atoms with Gasteiger partial charge in [0.25, 0.3) is 0 Å². The molecule has 2 fully saturated rings. The van der Waals surface area contributed by atoms with E-state index < -0.39 is 0 Å². The Morgan fingerprint density at radius 3 is 2.74 bits per heavy atom. The molecule has 0 saturated carbocycles. The van der Waals surface area contributed by atoms with E-state index in [1.807, 2.05) is 0 Å². The van der Waals surface area contributed by atoms with Gasteiger partial charge in [0.2, 0.25) is 0 Å². The van der Waals surface area contributed by atoms with Crippen molar-refractivity contribution < 1.29 is 14.6 Å². The van der Waals surface area contributed by atoms with E-state index >= 15 is 0 Å². The molecule has 4 nitrogen and oxygen atoms in total. The molecule has 0 amide bonds. The van der Waals surface area contributed by atoms with Crippen molar-refractivity contribution in [3.63, 3.8) is 0 Å². The largest absolute Gasteiger partial charge is 0.393 e. The van der Waals surface area contributed by atoms with E-state index in [-0.39, 0.29) is 11.7 Å². The van der Waals surface area contributed by atoms with Crippen molar-refractivity contribution in [1.82, 2.24) is 4.90 Å². The summed E-state index contributed by atoms with van der Waals surface area (Å²) in [6, 6.07) is 0. The molecule has 0 aliphatic carbocycles. The van der Waals surface area contributed by atoms with Gasteiger partial charge in [0.1, 0.15) is 0 Å². The second-order valence-corrected chi connectivity index (χ2v) is 5.97. The third kappa shape index (κ3) is 3.91. The molecule has 2 heterocycles. The second kappa shape index (κ2) is 7.02. The van der Waals surface area contributed by atoms with Crippen molar-refractivity contribution in [2.24, 2.45) is 5.92 Å². The maximum Gasteiger partial charge on any atom is 0.0940 e. The summed E-state index contributed by atoms with van der Waals surface area (Å²) >= 11 is 0. The number of aliphatic hydroxyl groups excluding tert-OH is 1. The molecular formula is C15H29NO3. The molecule has 19 heavy (non-hydrogen) atoms. The number of hydrogen-bond acceptors (Lipinski definition) is 4. The van der Waals surface area contributed by atoms with Gasteiger partial charge in [-0.15, -0.1) is 0 Å². The van der Waals surface area contributed by atoms with Crippen LogP contribution >= 0.6 is 0 Å². The summed E-state index contributed by atoms with van der Waals surface area (Å²) in [5.74, 6) is 0.381. The van der Waals surface area contributed by atoms with Crippen LogP contribution in [0.5, 0.6) is 0 Å². The minimum absolute atomic E-state index is 0.0842. The number of ether oxygens (including phenoxy) is 2. The first-order valence-corrected chi connectivity index (χ1v) is 7.81. The molecule has 2 saturated heterocycles. The highest BCUT2D eigenvalue weighted by Crippen LogP contribution is 2.37. The van der Waals surface area contributed by atoms with Crippen molar-refractivity contribution in [2.75, 3.05) is 39.5 Å². The molecule has 0 radical (unpaired) electrons. The normalized spacial score (nSPS) is 33.2. The molecule has 0 aromatic heterocycles. The monoisotopic (exact) mass is 271 g/mol. The Morgan fingerprint density at radius 2 is 2.11 bits per heavy atom. The topological polar surface area (TPSA) is 41.9 Å². The van der Waals surface area contributed by atoms with E-state index in [9.17, 15) is 5.11 Å². The van der Waals surface area contributed by atoms with E-state index in [1.54, 1.807) is 0 Å². The summed E-state index contributed by atoms with van der Waals surface area (Å²) in [4.78, 5) is 2.37. The molecule has 0 bridgehead atoms. The van der Waals surface area contributed by atoms with E-state index in [0.717, 1.165) is 58.5 Å². The van der Waals surface area contributed by atoms with Gasteiger partial charge in [0, 0.05) is 26.2 Å². The Morgan fingerprint density at radius 1 is 1.32 bits per heavy atom. The molecule has 2 aliphatic heterocycles. The first-order valence-electron chi connectivity index (χ1n) is 7.81. The molecule has 1 N–H and O–H groups in total. The zero-order chi connectivity index (χ0) is 13.7. The number of hydrogen-bond donors (Lipinski definition) is 1. The summed E-state index contributed by atoms with van der Waals surface area (Å²) in [5, 5.41) is 10.4. The predicted molar refractivity (Wildman–Crippen MR) is 75.3 cm³/mol. The maximum atomic E-state index is 10.4. The Kier molecular flexibility index (Phi) is 5.63. The van der Waals surface area contributed by atoms with Crippen LogP contribution < -0.4 is 0 Å². The van der Waals surface area contributed by atoms with Crippen LogP contribution in [0, 0.1) is 5.92 Å². The van der Waals surface area contributed by atoms with Crippen LogP contribution in [0.1, 0.15) is 39.5 Å². The smallest absolute Gasteiger partial charge is 0.0940 e. The summed E-state index contributed by atoms with van der Waals surface area (Å²) in [5.41, 5.74) is -0.0842. The van der Waals surface area contributed by atoms with Gasteiger partial charge in [0.05, 0.1) is 18.3 Å². The van der Waals surface area contributed by atoms with Gasteiger partial charge >= 0.3 is 0 Å². The molecular weight excluding hydrogens is 242 g/mol. The average Bonchev–Trinajstić information content (AvgIpc) is 2.87. The van der Waals surface area contributed by atoms with Crippen molar-refractivity contribution in [1.29, 1.82) is 0 Å². The maximum absolute atomic E-state index is 10.4. The van der Waals surface area contributed by atoms with Crippen LogP contribution in [0.3, 0.4) is 0 Å². The Bertz CT molecular complexity index is 262. The van der Waals surface area contributed by atoms with Crippen molar-refractivity contribution in [2.45, 2.75) is 51.2 Å². The third-order valence-corrected chi connectivity index (χ3v) is 4.78. The van der Waals surface area contributed by atoms with Gasteiger partial charge in [-0.1, -0.05) is 13.8 Å². The molecule has 1 spiro atoms. The Labute approximate surface area is 117 Å². The van der Waals surface area contributed by atoms with Gasteiger partial charge in [-0.2, -0.15) is 0 Å². The first-order chi connectivity index (χ1) is 9.19. The number of aliphatic hydroxyl groups is 1. The summed E-state index contributed by atoms with van der Waals surface area (Å²) < 4.78 is 11.4. The van der Waals surface area contributed by atoms with Gasteiger partial charge in [-0.05, 0) is 38.3 Å². The van der Waals surface area contributed by atoms with Crippen LogP contribution in [0.4, 0.5) is 0 Å². The van der Waals surface area contributed by atoms with Crippen molar-refractivity contribution >= 4 is 0 Å². The zero-order valence-electron chi connectivity index (χ0n) is 12.4. The molecule has 3 atom stereocenters. The van der Waals surface area contributed by atoms with E-state index in [1.165, 1.54) is 0 Å². The zero-order valence-corrected chi connectivity index (χ0v) is 12.4. The molecule has 2 aliphatic rings. The minimum atomic E-state index is -0.193. The molecule has 3 unspecified atom stereocenters. The van der Waals surface area contributed by atoms with Crippen LogP contribution in [-0.4, -0.2) is 61.2 Å². The van der Waals surface area contributed by atoms with Gasteiger partial charge in [0.15, 0.2) is 0 Å². The lowest BCUT2D eigenvalue weighted by Crippen LogP contribution is -2.44. The fraction of sp³-hybridized carbons (Fsp3) is 1.00. The molecule has 0 aromatic carbocycles. The third-order valence-electron chi connectivity index (χ3n) is 4.78. The molecule has 112 valence electrons.